The second-order valence-corrected chi connectivity index (χ2v) is 10.4. The first-order chi connectivity index (χ1) is 17.8. The summed E-state index contributed by atoms with van der Waals surface area (Å²) in [5, 5.41) is 11.9. The van der Waals surface area contributed by atoms with E-state index >= 15 is 0 Å². The molecule has 0 unspecified atom stereocenters. The average molecular weight is 513 g/mol. The van der Waals surface area contributed by atoms with Gasteiger partial charge in [0.1, 0.15) is 23.4 Å². The summed E-state index contributed by atoms with van der Waals surface area (Å²) in [7, 11) is 1.56. The first kappa shape index (κ1) is 23.2. The lowest BCUT2D eigenvalue weighted by Gasteiger charge is -2.23. The number of methoxy groups -OCH3 is 1. The first-order valence-corrected chi connectivity index (χ1v) is 12.8. The fourth-order valence-electron chi connectivity index (χ4n) is 5.00. The van der Waals surface area contributed by atoms with Crippen LogP contribution in [0.4, 0.5) is 5.13 Å². The standard InChI is InChI=1S/C29H24N2O5S/c1-15-7-9-21-23(11-15)37-29(30-21)31-25(17-5-4-6-20(14-17)35-3)24(27(33)28(31)34)26(32)18-8-10-22-19(13-18)12-16(2)36-22/h4-11,13-14,16,25,32H,12H2,1-3H3/t16-,25-/m0/s1. The number of hydrogen-bond donors (Lipinski definition) is 1. The van der Waals surface area contributed by atoms with E-state index in [2.05, 4.69) is 4.98 Å². The van der Waals surface area contributed by atoms with E-state index in [1.807, 2.05) is 44.2 Å². The van der Waals surface area contributed by atoms with Crippen molar-refractivity contribution < 1.29 is 24.2 Å². The third-order valence-corrected chi connectivity index (χ3v) is 7.78. The summed E-state index contributed by atoms with van der Waals surface area (Å²) in [6.45, 7) is 3.97. The summed E-state index contributed by atoms with van der Waals surface area (Å²) in [6, 6.07) is 17.5. The number of carbonyl (C=O) groups excluding carboxylic acids is 2. The molecule has 7 nitrogen and oxygen atoms in total. The zero-order chi connectivity index (χ0) is 25.8. The molecule has 37 heavy (non-hydrogen) atoms. The highest BCUT2D eigenvalue weighted by molar-refractivity contribution is 7.22. The highest BCUT2D eigenvalue weighted by Gasteiger charge is 2.48. The number of amides is 1. The lowest BCUT2D eigenvalue weighted by atomic mass is 9.94. The molecule has 1 aromatic heterocycles. The molecule has 186 valence electrons. The van der Waals surface area contributed by atoms with Gasteiger partial charge in [-0.15, -0.1) is 0 Å². The number of aromatic nitrogens is 1. The number of benzene rings is 3. The first-order valence-electron chi connectivity index (χ1n) is 12.0. The van der Waals surface area contributed by atoms with Crippen LogP contribution in [0.25, 0.3) is 16.0 Å². The van der Waals surface area contributed by atoms with Crippen molar-refractivity contribution in [1.29, 1.82) is 0 Å². The highest BCUT2D eigenvalue weighted by atomic mass is 32.1. The normalized spacial score (nSPS) is 20.4. The van der Waals surface area contributed by atoms with Gasteiger partial charge in [0, 0.05) is 12.0 Å². The number of ether oxygens (including phenoxy) is 2. The van der Waals surface area contributed by atoms with Gasteiger partial charge in [0.25, 0.3) is 5.78 Å². The number of thiazole rings is 1. The van der Waals surface area contributed by atoms with Crippen LogP contribution >= 0.6 is 11.3 Å². The minimum atomic E-state index is -0.875. The van der Waals surface area contributed by atoms with Gasteiger partial charge in [-0.3, -0.25) is 14.5 Å². The summed E-state index contributed by atoms with van der Waals surface area (Å²) in [5.41, 5.74) is 3.87. The van der Waals surface area contributed by atoms with Gasteiger partial charge in [0.15, 0.2) is 5.13 Å². The van der Waals surface area contributed by atoms with Crippen molar-refractivity contribution in [2.45, 2.75) is 32.4 Å². The van der Waals surface area contributed by atoms with Crippen LogP contribution in [0.15, 0.2) is 66.2 Å². The van der Waals surface area contributed by atoms with Crippen molar-refractivity contribution in [2.75, 3.05) is 12.0 Å². The molecule has 0 aliphatic carbocycles. The summed E-state index contributed by atoms with van der Waals surface area (Å²) in [6.07, 6.45) is 0.743. The second-order valence-electron chi connectivity index (χ2n) is 9.37. The van der Waals surface area contributed by atoms with Gasteiger partial charge in [0.2, 0.25) is 0 Å². The Morgan fingerprint density at radius 2 is 1.97 bits per heavy atom. The third-order valence-electron chi connectivity index (χ3n) is 6.76. The number of aryl methyl sites for hydroxylation is 1. The van der Waals surface area contributed by atoms with Crippen molar-refractivity contribution in [3.05, 3.63) is 88.5 Å². The molecule has 1 saturated heterocycles. The maximum atomic E-state index is 13.5. The van der Waals surface area contributed by atoms with Gasteiger partial charge in [-0.25, -0.2) is 4.98 Å². The van der Waals surface area contributed by atoms with E-state index in [0.717, 1.165) is 27.1 Å². The average Bonchev–Trinajstić information content (AvgIpc) is 3.55. The molecule has 8 heteroatoms. The van der Waals surface area contributed by atoms with E-state index < -0.39 is 17.7 Å². The van der Waals surface area contributed by atoms with E-state index in [1.165, 1.54) is 16.2 Å². The predicted molar refractivity (Wildman–Crippen MR) is 142 cm³/mol. The smallest absolute Gasteiger partial charge is 0.301 e. The molecule has 2 aliphatic rings. The van der Waals surface area contributed by atoms with Crippen LogP contribution in [0.3, 0.4) is 0 Å². The van der Waals surface area contributed by atoms with Crippen LogP contribution in [0.2, 0.25) is 0 Å². The van der Waals surface area contributed by atoms with Crippen LogP contribution in [0.1, 0.15) is 35.2 Å². The molecule has 0 spiro atoms. The number of hydrogen-bond acceptors (Lipinski definition) is 7. The number of nitrogens with zero attached hydrogens (tertiary/aromatic N) is 2. The van der Waals surface area contributed by atoms with Crippen LogP contribution in [0.5, 0.6) is 11.5 Å². The van der Waals surface area contributed by atoms with Crippen LogP contribution in [0, 0.1) is 6.92 Å². The molecule has 1 N–H and O–H groups in total. The molecule has 2 atom stereocenters. The molecule has 4 aromatic rings. The number of carbonyl (C=O) groups is 2. The molecule has 1 amide bonds. The molecular formula is C29H24N2O5S. The zero-order valence-corrected chi connectivity index (χ0v) is 21.3. The Morgan fingerprint density at radius 3 is 2.78 bits per heavy atom. The Balaban J connectivity index is 1.54. The number of rotatable bonds is 4. The van der Waals surface area contributed by atoms with Crippen molar-refractivity contribution >= 4 is 44.1 Å². The molecular weight excluding hydrogens is 488 g/mol. The topological polar surface area (TPSA) is 89.0 Å². The van der Waals surface area contributed by atoms with Crippen LogP contribution in [-0.4, -0.2) is 35.0 Å². The van der Waals surface area contributed by atoms with E-state index in [1.54, 1.807) is 37.4 Å². The van der Waals surface area contributed by atoms with E-state index in [4.69, 9.17) is 9.47 Å². The van der Waals surface area contributed by atoms with Gasteiger partial charge in [-0.2, -0.15) is 0 Å². The van der Waals surface area contributed by atoms with Gasteiger partial charge in [0.05, 0.1) is 28.9 Å². The van der Waals surface area contributed by atoms with Crippen molar-refractivity contribution in [3.63, 3.8) is 0 Å². The van der Waals surface area contributed by atoms with Crippen LogP contribution < -0.4 is 14.4 Å². The molecule has 2 aliphatic heterocycles. The lowest BCUT2D eigenvalue weighted by molar-refractivity contribution is -0.132. The Morgan fingerprint density at radius 1 is 1.14 bits per heavy atom. The van der Waals surface area contributed by atoms with E-state index in [9.17, 15) is 14.7 Å². The van der Waals surface area contributed by atoms with Crippen molar-refractivity contribution in [1.82, 2.24) is 4.98 Å². The fourth-order valence-corrected chi connectivity index (χ4v) is 6.09. The summed E-state index contributed by atoms with van der Waals surface area (Å²) in [4.78, 5) is 33.1. The zero-order valence-electron chi connectivity index (χ0n) is 20.5. The number of Topliss-reactive ketones (excluding diaryl/α,β-unsaturated/α-hetero) is 1. The molecule has 0 radical (unpaired) electrons. The highest BCUT2D eigenvalue weighted by Crippen LogP contribution is 2.45. The summed E-state index contributed by atoms with van der Waals surface area (Å²) < 4.78 is 12.1. The molecule has 6 rings (SSSR count). The maximum absolute atomic E-state index is 13.5. The largest absolute Gasteiger partial charge is 0.507 e. The lowest BCUT2D eigenvalue weighted by Crippen LogP contribution is -2.29. The predicted octanol–water partition coefficient (Wildman–Crippen LogP) is 5.56. The SMILES string of the molecule is COc1cccc([C@H]2C(=C(O)c3ccc4c(c3)C[C@H](C)O4)C(=O)C(=O)N2c2nc3ccc(C)cc3s2)c1. The Bertz CT molecular complexity index is 1620. The summed E-state index contributed by atoms with van der Waals surface area (Å²) in [5.74, 6) is -0.382. The summed E-state index contributed by atoms with van der Waals surface area (Å²) >= 11 is 1.34. The number of aliphatic hydroxyl groups is 1. The Labute approximate surface area is 217 Å². The number of aliphatic hydroxyl groups excluding tert-OH is 1. The van der Waals surface area contributed by atoms with Crippen LogP contribution in [-0.2, 0) is 16.0 Å². The van der Waals surface area contributed by atoms with Gasteiger partial charge < -0.3 is 14.6 Å². The van der Waals surface area contributed by atoms with Gasteiger partial charge >= 0.3 is 5.91 Å². The Hall–Kier alpha value is -4.17. The van der Waals surface area contributed by atoms with Gasteiger partial charge in [-0.05, 0) is 73.0 Å². The van der Waals surface area contributed by atoms with Gasteiger partial charge in [-0.1, -0.05) is 29.5 Å². The minimum Gasteiger partial charge on any atom is -0.507 e. The molecule has 0 bridgehead atoms. The number of fused-ring (bicyclic) bond motifs is 2. The molecule has 0 saturated carbocycles. The molecule has 3 aromatic carbocycles. The minimum absolute atomic E-state index is 0.0144. The Kier molecular flexibility index (Phi) is 5.49. The van der Waals surface area contributed by atoms with E-state index in [-0.39, 0.29) is 17.4 Å². The van der Waals surface area contributed by atoms with Crippen molar-refractivity contribution in [2.24, 2.45) is 0 Å². The molecule has 1 fully saturated rings. The fraction of sp³-hybridized carbons (Fsp3) is 0.207. The number of ketones is 1. The molecule has 3 heterocycles. The quantitative estimate of drug-likeness (QED) is 0.219. The third kappa shape index (κ3) is 3.84. The monoisotopic (exact) mass is 512 g/mol. The van der Waals surface area contributed by atoms with Crippen molar-refractivity contribution in [3.8, 4) is 11.5 Å². The number of anilines is 1. The second kappa shape index (κ2) is 8.74. The maximum Gasteiger partial charge on any atom is 0.301 e. The van der Waals surface area contributed by atoms with E-state index in [0.29, 0.717) is 28.4 Å².